The number of piperazine rings is 2. The largest absolute Gasteiger partial charge is 0.453 e. The lowest BCUT2D eigenvalue weighted by atomic mass is 10.1. The minimum Gasteiger partial charge on any atom is -0.453 e. The molecule has 0 aromatic carbocycles. The van der Waals surface area contributed by atoms with Crippen LogP contribution in [0.5, 0.6) is 0 Å². The van der Waals surface area contributed by atoms with E-state index in [1.807, 2.05) is 17.9 Å². The Morgan fingerprint density at radius 3 is 2.57 bits per heavy atom. The van der Waals surface area contributed by atoms with E-state index in [0.717, 1.165) is 24.9 Å². The van der Waals surface area contributed by atoms with E-state index in [9.17, 15) is 26.4 Å². The summed E-state index contributed by atoms with van der Waals surface area (Å²) in [6.07, 6.45) is -1.80. The topological polar surface area (TPSA) is 137 Å². The highest BCUT2D eigenvalue weighted by Gasteiger charge is 2.36. The Balaban J connectivity index is 1.55. The van der Waals surface area contributed by atoms with Crippen molar-refractivity contribution in [3.8, 4) is 11.4 Å². The van der Waals surface area contributed by atoms with Crippen LogP contribution in [-0.4, -0.2) is 109 Å². The fourth-order valence-corrected chi connectivity index (χ4v) is 6.00. The van der Waals surface area contributed by atoms with Gasteiger partial charge in [0.2, 0.25) is 10.0 Å². The van der Waals surface area contributed by atoms with Crippen LogP contribution in [0.3, 0.4) is 0 Å². The molecule has 0 radical (unpaired) electrons. The molecular weight excluding hydrogens is 579 g/mol. The summed E-state index contributed by atoms with van der Waals surface area (Å²) in [7, 11) is -2.17. The van der Waals surface area contributed by atoms with Crippen molar-refractivity contribution in [2.75, 3.05) is 69.4 Å². The van der Waals surface area contributed by atoms with Crippen LogP contribution in [0.2, 0.25) is 0 Å². The predicted molar refractivity (Wildman–Crippen MR) is 149 cm³/mol. The first-order valence-electron chi connectivity index (χ1n) is 13.3. The van der Waals surface area contributed by atoms with Gasteiger partial charge in [-0.25, -0.2) is 27.7 Å². The highest BCUT2D eigenvalue weighted by molar-refractivity contribution is 7.88. The van der Waals surface area contributed by atoms with Crippen LogP contribution in [0.25, 0.3) is 16.9 Å². The molecule has 2 saturated heterocycles. The minimum absolute atomic E-state index is 0.0135. The molecule has 3 aromatic heterocycles. The van der Waals surface area contributed by atoms with Gasteiger partial charge in [-0.3, -0.25) is 10.2 Å². The van der Waals surface area contributed by atoms with E-state index in [1.54, 1.807) is 6.20 Å². The molecule has 1 atom stereocenters. The van der Waals surface area contributed by atoms with Gasteiger partial charge in [0.05, 0.1) is 24.5 Å². The van der Waals surface area contributed by atoms with Gasteiger partial charge in [0.15, 0.2) is 11.6 Å². The maximum absolute atomic E-state index is 14.2. The van der Waals surface area contributed by atoms with E-state index < -0.39 is 27.9 Å². The van der Waals surface area contributed by atoms with Gasteiger partial charge < -0.3 is 15.0 Å². The van der Waals surface area contributed by atoms with Crippen molar-refractivity contribution < 1.29 is 31.1 Å². The van der Waals surface area contributed by atoms with Crippen LogP contribution >= 0.6 is 0 Å². The lowest BCUT2D eigenvalue weighted by Crippen LogP contribution is -2.50. The van der Waals surface area contributed by atoms with E-state index in [-0.39, 0.29) is 23.2 Å². The van der Waals surface area contributed by atoms with Gasteiger partial charge in [-0.1, -0.05) is 0 Å². The normalized spacial score (nSPS) is 19.3. The van der Waals surface area contributed by atoms with E-state index in [4.69, 9.17) is 0 Å². The lowest BCUT2D eigenvalue weighted by Gasteiger charge is -2.35. The Morgan fingerprint density at radius 1 is 1.19 bits per heavy atom. The number of halogens is 3. The number of carbonyl (C=O) groups excluding carboxylic acids is 1. The van der Waals surface area contributed by atoms with Crippen molar-refractivity contribution in [1.82, 2.24) is 34.1 Å². The molecule has 13 nitrogen and oxygen atoms in total. The standard InChI is InChI=1S/C25H32F3N9O4S/c1-16-12-29-4-5-36(16)23-20-10-17(14-34-6-8-35(9-7-34)42(3,39)40)15-37(20)33-22(32-23)18-13-30-21(31-24(38)41-2)11-19(18)25(26,27)28/h10-11,13,15-16,29H,4-9,12,14H2,1-3H3,(H,30,31,38)/t16-/m0/s1. The zero-order valence-electron chi connectivity index (χ0n) is 23.3. The summed E-state index contributed by atoms with van der Waals surface area (Å²) in [5.41, 5.74) is 0.113. The molecule has 2 aliphatic rings. The summed E-state index contributed by atoms with van der Waals surface area (Å²) in [6, 6.07) is 2.66. The summed E-state index contributed by atoms with van der Waals surface area (Å²) in [5.74, 6) is -0.00204. The number of hydrogen-bond acceptors (Lipinski definition) is 10. The van der Waals surface area contributed by atoms with Crippen molar-refractivity contribution in [2.24, 2.45) is 0 Å². The first-order valence-corrected chi connectivity index (χ1v) is 15.1. The van der Waals surface area contributed by atoms with Gasteiger partial charge in [-0.15, -0.1) is 5.10 Å². The smallest absolute Gasteiger partial charge is 0.417 e. The molecule has 0 spiro atoms. The summed E-state index contributed by atoms with van der Waals surface area (Å²) < 4.78 is 73.9. The first kappa shape index (κ1) is 29.9. The molecule has 2 fully saturated rings. The summed E-state index contributed by atoms with van der Waals surface area (Å²) in [6.45, 7) is 6.32. The van der Waals surface area contributed by atoms with Gasteiger partial charge in [-0.05, 0) is 24.6 Å². The number of nitrogens with one attached hydrogen (secondary N) is 2. The molecule has 0 bridgehead atoms. The molecule has 3 aromatic rings. The van der Waals surface area contributed by atoms with Crippen molar-refractivity contribution in [1.29, 1.82) is 0 Å². The van der Waals surface area contributed by atoms with Crippen molar-refractivity contribution in [3.63, 3.8) is 0 Å². The second-order valence-corrected chi connectivity index (χ2v) is 12.3. The SMILES string of the molecule is COC(=O)Nc1cc(C(F)(F)F)c(-c2nc(N3CCNC[C@@H]3C)c3cc(CN4CCN(S(C)(=O)=O)CC4)cn3n2)cn1. The molecular formula is C25H32F3N9O4S. The summed E-state index contributed by atoms with van der Waals surface area (Å²) in [5, 5.41) is 9.94. The minimum atomic E-state index is -4.79. The summed E-state index contributed by atoms with van der Waals surface area (Å²) in [4.78, 5) is 24.4. The van der Waals surface area contributed by atoms with Crippen molar-refractivity contribution >= 4 is 33.3 Å². The number of aromatic nitrogens is 4. The number of carbonyl (C=O) groups is 1. The fraction of sp³-hybridized carbons (Fsp3) is 0.520. The Morgan fingerprint density at radius 2 is 1.93 bits per heavy atom. The molecule has 1 amide bonds. The molecule has 228 valence electrons. The molecule has 42 heavy (non-hydrogen) atoms. The van der Waals surface area contributed by atoms with Crippen molar-refractivity contribution in [3.05, 3.63) is 35.7 Å². The second kappa shape index (κ2) is 11.6. The van der Waals surface area contributed by atoms with E-state index in [0.29, 0.717) is 63.7 Å². The molecule has 17 heteroatoms. The van der Waals surface area contributed by atoms with Crippen LogP contribution in [0.1, 0.15) is 18.1 Å². The Labute approximate surface area is 240 Å². The number of ether oxygens (including phenoxy) is 1. The average Bonchev–Trinajstić information content (AvgIpc) is 3.34. The second-order valence-electron chi connectivity index (χ2n) is 10.4. The number of alkyl halides is 3. The number of hydrogen-bond donors (Lipinski definition) is 2. The third-order valence-corrected chi connectivity index (χ3v) is 8.65. The maximum atomic E-state index is 14.2. The number of sulfonamides is 1. The Kier molecular flexibility index (Phi) is 8.28. The highest BCUT2D eigenvalue weighted by atomic mass is 32.2. The van der Waals surface area contributed by atoms with Crippen LogP contribution in [0, 0.1) is 0 Å². The molecule has 2 N–H and O–H groups in total. The van der Waals surface area contributed by atoms with Crippen molar-refractivity contribution in [2.45, 2.75) is 25.7 Å². The maximum Gasteiger partial charge on any atom is 0.417 e. The molecule has 2 aliphatic heterocycles. The van der Waals surface area contributed by atoms with E-state index >= 15 is 0 Å². The molecule has 5 heterocycles. The average molecular weight is 612 g/mol. The number of anilines is 2. The lowest BCUT2D eigenvalue weighted by molar-refractivity contribution is -0.137. The molecule has 0 aliphatic carbocycles. The number of rotatable bonds is 6. The molecule has 0 unspecified atom stereocenters. The monoisotopic (exact) mass is 611 g/mol. The third-order valence-electron chi connectivity index (χ3n) is 7.35. The summed E-state index contributed by atoms with van der Waals surface area (Å²) >= 11 is 0. The van der Waals surface area contributed by atoms with E-state index in [1.165, 1.54) is 15.1 Å². The number of fused-ring (bicyclic) bond motifs is 1. The Hall–Kier alpha value is -3.54. The third kappa shape index (κ3) is 6.43. The van der Waals surface area contributed by atoms with Gasteiger partial charge in [0.25, 0.3) is 0 Å². The number of methoxy groups -OCH3 is 1. The van der Waals surface area contributed by atoms with E-state index in [2.05, 4.69) is 35.3 Å². The van der Waals surface area contributed by atoms with Crippen LogP contribution < -0.4 is 15.5 Å². The molecule has 5 rings (SSSR count). The fourth-order valence-electron chi connectivity index (χ4n) is 5.17. The van der Waals surface area contributed by atoms with Gasteiger partial charge in [0, 0.05) is 70.8 Å². The predicted octanol–water partition coefficient (Wildman–Crippen LogP) is 1.86. The quantitative estimate of drug-likeness (QED) is 0.425. The van der Waals surface area contributed by atoms with Crippen LogP contribution in [0.15, 0.2) is 24.5 Å². The number of nitrogens with zero attached hydrogens (tertiary/aromatic N) is 7. The highest BCUT2D eigenvalue weighted by Crippen LogP contribution is 2.38. The Bertz CT molecular complexity index is 1570. The van der Waals surface area contributed by atoms with Crippen LogP contribution in [-0.2, 0) is 27.5 Å². The van der Waals surface area contributed by atoms with Crippen LogP contribution in [0.4, 0.5) is 29.6 Å². The number of pyridine rings is 1. The van der Waals surface area contributed by atoms with Gasteiger partial charge >= 0.3 is 12.3 Å². The number of amides is 1. The zero-order valence-corrected chi connectivity index (χ0v) is 24.2. The first-order chi connectivity index (χ1) is 19.8. The van der Waals surface area contributed by atoms with Gasteiger partial charge in [-0.2, -0.15) is 17.5 Å². The van der Waals surface area contributed by atoms with Gasteiger partial charge in [0.1, 0.15) is 11.3 Å². The molecule has 0 saturated carbocycles. The zero-order chi connectivity index (χ0) is 30.2.